The minimum atomic E-state index is -1.09. The highest BCUT2D eigenvalue weighted by atomic mass is 19.1. The highest BCUT2D eigenvalue weighted by Gasteiger charge is 2.57. The Morgan fingerprint density at radius 3 is 1.85 bits per heavy atom. The van der Waals surface area contributed by atoms with E-state index in [2.05, 4.69) is 15.3 Å². The number of carbonyl (C=O) groups is 1. The summed E-state index contributed by atoms with van der Waals surface area (Å²) in [4.78, 5) is 13.7. The molecule has 0 saturated heterocycles. The predicted molar refractivity (Wildman–Crippen MR) is 150 cm³/mol. The second-order valence-corrected chi connectivity index (χ2v) is 11.1. The fourth-order valence-electron chi connectivity index (χ4n) is 6.76. The van der Waals surface area contributed by atoms with E-state index < -0.39 is 17.0 Å². The van der Waals surface area contributed by atoms with Crippen molar-refractivity contribution in [1.29, 1.82) is 16.6 Å². The topological polar surface area (TPSA) is 126 Å². The van der Waals surface area contributed by atoms with Crippen molar-refractivity contribution in [2.45, 2.75) is 62.4 Å². The van der Waals surface area contributed by atoms with Gasteiger partial charge in [0.25, 0.3) is 0 Å². The maximum Gasteiger partial charge on any atom is 0.175 e. The van der Waals surface area contributed by atoms with Crippen molar-refractivity contribution >= 4 is 11.4 Å². The van der Waals surface area contributed by atoms with Crippen LogP contribution in [0.4, 0.5) is 8.78 Å². The first-order valence-corrected chi connectivity index (χ1v) is 13.8. The Morgan fingerprint density at radius 2 is 1.37 bits per heavy atom. The molecule has 3 N–H and O–H groups in total. The molecule has 5 rings (SSSR count). The van der Waals surface area contributed by atoms with Gasteiger partial charge in [-0.15, -0.1) is 0 Å². The first kappa shape index (κ1) is 28.3. The van der Waals surface area contributed by atoms with Crippen molar-refractivity contribution in [3.63, 3.8) is 0 Å². The zero-order chi connectivity index (χ0) is 29.0. The van der Waals surface area contributed by atoms with E-state index in [0.717, 1.165) is 23.1 Å². The molecule has 3 aromatic carbocycles. The molecule has 0 amide bonds. The Balaban J connectivity index is 1.36. The highest BCUT2D eigenvalue weighted by molar-refractivity contribution is 6.09. The summed E-state index contributed by atoms with van der Waals surface area (Å²) in [5.41, 5.74) is 25.6. The van der Waals surface area contributed by atoms with Crippen molar-refractivity contribution in [3.05, 3.63) is 113 Å². The summed E-state index contributed by atoms with van der Waals surface area (Å²) in [6, 6.07) is 21.1. The Hall–Kier alpha value is -4.27. The van der Waals surface area contributed by atoms with Gasteiger partial charge in [0, 0.05) is 5.92 Å². The molecule has 1 fully saturated rings. The average molecular weight is 555 g/mol. The minimum absolute atomic E-state index is 0.0707. The minimum Gasteiger partial charge on any atom is -0.296 e. The molecule has 2 aliphatic rings. The van der Waals surface area contributed by atoms with Crippen LogP contribution in [0.15, 0.2) is 99.9 Å². The molecule has 0 bridgehead atoms. The van der Waals surface area contributed by atoms with Gasteiger partial charge in [-0.1, -0.05) is 61.0 Å². The molecule has 0 aliphatic heterocycles. The van der Waals surface area contributed by atoms with Gasteiger partial charge in [-0.25, -0.2) is 25.4 Å². The number of nitrogens with zero attached hydrogens (tertiary/aromatic N) is 3. The van der Waals surface area contributed by atoms with Crippen LogP contribution in [0.25, 0.3) is 5.57 Å². The first-order valence-electron chi connectivity index (χ1n) is 13.8. The van der Waals surface area contributed by atoms with E-state index in [-0.39, 0.29) is 29.0 Å². The Labute approximate surface area is 237 Å². The quantitative estimate of drug-likeness (QED) is 0.212. The molecule has 1 spiro atoms. The van der Waals surface area contributed by atoms with E-state index in [4.69, 9.17) is 16.6 Å². The molecule has 1 saturated carbocycles. The Bertz CT molecular complexity index is 1420. The molecule has 3 aromatic rings. The van der Waals surface area contributed by atoms with Crippen molar-refractivity contribution in [2.75, 3.05) is 0 Å². The largest absolute Gasteiger partial charge is 0.296 e. The second-order valence-electron chi connectivity index (χ2n) is 11.1. The molecule has 210 valence electrons. The maximum absolute atomic E-state index is 13.7. The van der Waals surface area contributed by atoms with E-state index in [1.54, 1.807) is 24.3 Å². The number of hydrogen-bond donors (Lipinski definition) is 3. The van der Waals surface area contributed by atoms with Gasteiger partial charge in [0.1, 0.15) is 17.3 Å². The lowest BCUT2D eigenvalue weighted by molar-refractivity contribution is -0.127. The number of Topliss-reactive ketones (excluding diaryl/α,β-unsaturated/α-hetero) is 1. The van der Waals surface area contributed by atoms with Gasteiger partial charge in [-0.3, -0.25) is 4.79 Å². The first-order chi connectivity index (χ1) is 19.9. The van der Waals surface area contributed by atoms with Crippen LogP contribution in [0.2, 0.25) is 0 Å². The fourth-order valence-corrected chi connectivity index (χ4v) is 6.76. The van der Waals surface area contributed by atoms with E-state index in [1.807, 2.05) is 30.3 Å². The lowest BCUT2D eigenvalue weighted by Crippen LogP contribution is -2.42. The normalized spacial score (nSPS) is 24.2. The van der Waals surface area contributed by atoms with Crippen molar-refractivity contribution in [3.8, 4) is 0 Å². The Morgan fingerprint density at radius 1 is 0.805 bits per heavy atom. The molecule has 0 aromatic heterocycles. The molecule has 7 nitrogen and oxygen atoms in total. The molecular weight excluding hydrogens is 522 g/mol. The summed E-state index contributed by atoms with van der Waals surface area (Å²) in [7, 11) is 0. The van der Waals surface area contributed by atoms with Crippen LogP contribution in [-0.4, -0.2) is 17.4 Å². The third-order valence-corrected chi connectivity index (χ3v) is 8.98. The molecule has 2 aliphatic carbocycles. The molecule has 0 heterocycles. The number of rotatable bonds is 10. The number of halogens is 2. The predicted octanol–water partition coefficient (Wildman–Crippen LogP) is 9.02. The summed E-state index contributed by atoms with van der Waals surface area (Å²) in [6.07, 6.45) is 3.94. The van der Waals surface area contributed by atoms with E-state index >= 15 is 0 Å². The summed E-state index contributed by atoms with van der Waals surface area (Å²) >= 11 is 0. The number of hydrogen-bond acceptors (Lipinski definition) is 7. The number of benzene rings is 3. The van der Waals surface area contributed by atoms with Gasteiger partial charge in [-0.05, 0) is 85.1 Å². The lowest BCUT2D eigenvalue weighted by Gasteiger charge is -2.42. The standard InChI is InChI=1S/C32H32F2N6O/c33-24-12-8-21(9-13-24)26(22-10-14-25(34)15-11-22)7-4-16-31(40-37)17-19-32(20-18-31)27(23-5-2-1-3-6-23)28(38-35)29(39-36)30(32)41/h1-3,5-6,8-15,26,29,35-37H,4,7,16-20H2. The summed E-state index contributed by atoms with van der Waals surface area (Å²) in [5.74, 6) is -0.911. The zero-order valence-electron chi connectivity index (χ0n) is 22.6. The second kappa shape index (κ2) is 11.7. The van der Waals surface area contributed by atoms with E-state index in [0.29, 0.717) is 44.1 Å². The van der Waals surface area contributed by atoms with Crippen molar-refractivity contribution in [1.82, 2.24) is 0 Å². The maximum atomic E-state index is 13.7. The summed E-state index contributed by atoms with van der Waals surface area (Å²) in [5, 5.41) is 11.3. The number of allylic oxidation sites excluding steroid dienone is 1. The summed E-state index contributed by atoms with van der Waals surface area (Å²) < 4.78 is 27.3. The molecule has 9 heteroatoms. The number of ketones is 1. The zero-order valence-corrected chi connectivity index (χ0v) is 22.6. The average Bonchev–Trinajstić information content (AvgIpc) is 3.24. The van der Waals surface area contributed by atoms with Crippen LogP contribution in [-0.2, 0) is 4.79 Å². The third kappa shape index (κ3) is 5.28. The molecule has 1 atom stereocenters. The fraction of sp³-hybridized carbons (Fsp3) is 0.344. The van der Waals surface area contributed by atoms with Crippen LogP contribution in [0.3, 0.4) is 0 Å². The highest BCUT2D eigenvalue weighted by Crippen LogP contribution is 2.58. The molecule has 41 heavy (non-hydrogen) atoms. The van der Waals surface area contributed by atoms with Crippen LogP contribution in [0, 0.1) is 33.6 Å². The van der Waals surface area contributed by atoms with Crippen molar-refractivity contribution < 1.29 is 13.6 Å². The summed E-state index contributed by atoms with van der Waals surface area (Å²) in [6.45, 7) is 0. The SMILES string of the molecule is N=NC1=C(c2ccccc2)C2(CCC(CCCC(c3ccc(F)cc3)c3ccc(F)cc3)(N=N)CC2)C(=O)C1N=N. The van der Waals surface area contributed by atoms with Crippen LogP contribution >= 0.6 is 0 Å². The van der Waals surface area contributed by atoms with E-state index in [9.17, 15) is 13.6 Å². The van der Waals surface area contributed by atoms with Gasteiger partial charge in [0.15, 0.2) is 11.8 Å². The van der Waals surface area contributed by atoms with Gasteiger partial charge in [0.05, 0.1) is 11.0 Å². The van der Waals surface area contributed by atoms with Crippen LogP contribution < -0.4 is 0 Å². The Kier molecular flexibility index (Phi) is 8.06. The molecule has 0 radical (unpaired) electrons. The van der Waals surface area contributed by atoms with Gasteiger partial charge in [-0.2, -0.15) is 15.3 Å². The van der Waals surface area contributed by atoms with Gasteiger partial charge in [0.2, 0.25) is 0 Å². The van der Waals surface area contributed by atoms with Gasteiger partial charge < -0.3 is 0 Å². The number of carbonyl (C=O) groups excluding carboxylic acids is 1. The third-order valence-electron chi connectivity index (χ3n) is 8.98. The van der Waals surface area contributed by atoms with E-state index in [1.165, 1.54) is 24.3 Å². The van der Waals surface area contributed by atoms with Crippen LogP contribution in [0.1, 0.15) is 67.6 Å². The van der Waals surface area contributed by atoms with Gasteiger partial charge >= 0.3 is 0 Å². The number of nitrogens with one attached hydrogen (secondary N) is 3. The lowest BCUT2D eigenvalue weighted by atomic mass is 9.61. The van der Waals surface area contributed by atoms with Crippen molar-refractivity contribution in [2.24, 2.45) is 20.8 Å². The van der Waals surface area contributed by atoms with Crippen LogP contribution in [0.5, 0.6) is 0 Å². The smallest absolute Gasteiger partial charge is 0.175 e. The monoisotopic (exact) mass is 554 g/mol. The molecule has 1 unspecified atom stereocenters. The molecular formula is C32H32F2N6O.